The molecule has 0 aliphatic carbocycles. The predicted octanol–water partition coefficient (Wildman–Crippen LogP) is 4.80. The van der Waals surface area contributed by atoms with Gasteiger partial charge in [0.15, 0.2) is 0 Å². The minimum Gasteiger partial charge on any atom is -0.377 e. The zero-order valence-corrected chi connectivity index (χ0v) is 17.8. The lowest BCUT2D eigenvalue weighted by molar-refractivity contribution is 0.0939. The average Bonchev–Trinajstić information content (AvgIpc) is 2.74. The molecular weight excluding hydrogens is 374 g/mol. The maximum absolute atomic E-state index is 13.0. The minimum atomic E-state index is -0.211. The first-order valence-corrected chi connectivity index (χ1v) is 9.90. The van der Waals surface area contributed by atoms with E-state index in [1.165, 1.54) is 0 Å². The van der Waals surface area contributed by atoms with Crippen LogP contribution in [0.3, 0.4) is 0 Å². The van der Waals surface area contributed by atoms with E-state index in [-0.39, 0.29) is 17.9 Å². The molecule has 2 amide bonds. The Morgan fingerprint density at radius 3 is 2.17 bits per heavy atom. The summed E-state index contributed by atoms with van der Waals surface area (Å²) in [6.45, 7) is 3.93. The molecule has 1 unspecified atom stereocenters. The van der Waals surface area contributed by atoms with Gasteiger partial charge in [0.2, 0.25) is 0 Å². The summed E-state index contributed by atoms with van der Waals surface area (Å²) in [6, 6.07) is 22.4. The second kappa shape index (κ2) is 9.27. The summed E-state index contributed by atoms with van der Waals surface area (Å²) >= 11 is 0. The number of carbonyl (C=O) groups is 2. The highest BCUT2D eigenvalue weighted by molar-refractivity contribution is 6.06. The first-order chi connectivity index (χ1) is 14.3. The number of benzene rings is 3. The predicted molar refractivity (Wildman–Crippen MR) is 122 cm³/mol. The molecule has 5 nitrogen and oxygen atoms in total. The standard InChI is InChI=1S/C25H27N3O2/c1-17-10-12-20(13-11-17)24(29)27-21-14-15-23(28(3)4)22(16-21)25(30)26-18(2)19-8-6-5-7-9-19/h5-16,18H,1-4H3,(H,26,30)(H,27,29). The van der Waals surface area contributed by atoms with E-state index in [4.69, 9.17) is 0 Å². The highest BCUT2D eigenvalue weighted by Crippen LogP contribution is 2.24. The summed E-state index contributed by atoms with van der Waals surface area (Å²) in [5, 5.41) is 5.93. The van der Waals surface area contributed by atoms with Crippen molar-refractivity contribution >= 4 is 23.2 Å². The molecule has 154 valence electrons. The molecule has 0 saturated carbocycles. The number of nitrogens with one attached hydrogen (secondary N) is 2. The van der Waals surface area contributed by atoms with E-state index in [0.717, 1.165) is 16.8 Å². The second-order valence-corrected chi connectivity index (χ2v) is 7.55. The molecular formula is C25H27N3O2. The van der Waals surface area contributed by atoms with Crippen LogP contribution < -0.4 is 15.5 Å². The third-order valence-corrected chi connectivity index (χ3v) is 4.94. The van der Waals surface area contributed by atoms with E-state index in [9.17, 15) is 9.59 Å². The Hall–Kier alpha value is -3.60. The van der Waals surface area contributed by atoms with Crippen molar-refractivity contribution in [3.05, 3.63) is 95.1 Å². The fourth-order valence-corrected chi connectivity index (χ4v) is 3.19. The fraction of sp³-hybridized carbons (Fsp3) is 0.200. The third kappa shape index (κ3) is 5.06. The number of hydrogen-bond donors (Lipinski definition) is 2. The van der Waals surface area contributed by atoms with Gasteiger partial charge in [-0.05, 0) is 49.7 Å². The van der Waals surface area contributed by atoms with Crippen LogP contribution in [-0.2, 0) is 0 Å². The van der Waals surface area contributed by atoms with Gasteiger partial charge in [0.1, 0.15) is 0 Å². The highest BCUT2D eigenvalue weighted by atomic mass is 16.2. The molecule has 0 saturated heterocycles. The van der Waals surface area contributed by atoms with Crippen LogP contribution in [0.15, 0.2) is 72.8 Å². The van der Waals surface area contributed by atoms with Gasteiger partial charge >= 0.3 is 0 Å². The van der Waals surface area contributed by atoms with E-state index in [1.54, 1.807) is 24.3 Å². The van der Waals surface area contributed by atoms with Crippen LogP contribution in [0.25, 0.3) is 0 Å². The largest absolute Gasteiger partial charge is 0.377 e. The van der Waals surface area contributed by atoms with Gasteiger partial charge < -0.3 is 15.5 Å². The third-order valence-electron chi connectivity index (χ3n) is 4.94. The number of amides is 2. The summed E-state index contributed by atoms with van der Waals surface area (Å²) in [4.78, 5) is 27.5. The Morgan fingerprint density at radius 1 is 0.867 bits per heavy atom. The van der Waals surface area contributed by atoms with Crippen LogP contribution in [0.1, 0.15) is 44.8 Å². The maximum atomic E-state index is 13.0. The van der Waals surface area contributed by atoms with Gasteiger partial charge in [-0.25, -0.2) is 0 Å². The molecule has 0 fully saturated rings. The first kappa shape index (κ1) is 21.1. The van der Waals surface area contributed by atoms with Crippen molar-refractivity contribution in [1.29, 1.82) is 0 Å². The van der Waals surface area contributed by atoms with Gasteiger partial charge in [0, 0.05) is 31.0 Å². The number of rotatable bonds is 6. The Bertz CT molecular complexity index is 1030. The molecule has 3 rings (SSSR count). The average molecular weight is 402 g/mol. The molecule has 0 radical (unpaired) electrons. The number of carbonyl (C=O) groups excluding carboxylic acids is 2. The molecule has 5 heteroatoms. The summed E-state index contributed by atoms with van der Waals surface area (Å²) < 4.78 is 0. The van der Waals surface area contributed by atoms with Crippen LogP contribution in [0.5, 0.6) is 0 Å². The molecule has 1 atom stereocenters. The molecule has 30 heavy (non-hydrogen) atoms. The zero-order chi connectivity index (χ0) is 21.7. The second-order valence-electron chi connectivity index (χ2n) is 7.55. The normalized spacial score (nSPS) is 11.5. The van der Waals surface area contributed by atoms with E-state index >= 15 is 0 Å². The van der Waals surface area contributed by atoms with Crippen molar-refractivity contribution in [2.24, 2.45) is 0 Å². The Kier molecular flexibility index (Phi) is 6.52. The molecule has 0 heterocycles. The van der Waals surface area contributed by atoms with Crippen LogP contribution in [0, 0.1) is 6.92 Å². The summed E-state index contributed by atoms with van der Waals surface area (Å²) in [6.07, 6.45) is 0. The Labute approximate surface area is 177 Å². The number of hydrogen-bond acceptors (Lipinski definition) is 3. The van der Waals surface area contributed by atoms with E-state index in [0.29, 0.717) is 16.8 Å². The molecule has 2 N–H and O–H groups in total. The van der Waals surface area contributed by atoms with Crippen molar-refractivity contribution in [1.82, 2.24) is 5.32 Å². The number of anilines is 2. The molecule has 3 aromatic rings. The van der Waals surface area contributed by atoms with Gasteiger partial charge in [-0.15, -0.1) is 0 Å². The van der Waals surface area contributed by atoms with Gasteiger partial charge in [0.05, 0.1) is 11.6 Å². The molecule has 0 aliphatic rings. The van der Waals surface area contributed by atoms with Gasteiger partial charge in [-0.2, -0.15) is 0 Å². The molecule has 0 aromatic heterocycles. The first-order valence-electron chi connectivity index (χ1n) is 9.90. The highest BCUT2D eigenvalue weighted by Gasteiger charge is 2.17. The maximum Gasteiger partial charge on any atom is 0.255 e. The molecule has 3 aromatic carbocycles. The van der Waals surface area contributed by atoms with Crippen LogP contribution >= 0.6 is 0 Å². The molecule has 0 bridgehead atoms. The van der Waals surface area contributed by atoms with E-state index in [2.05, 4.69) is 10.6 Å². The van der Waals surface area contributed by atoms with E-state index < -0.39 is 0 Å². The smallest absolute Gasteiger partial charge is 0.255 e. The zero-order valence-electron chi connectivity index (χ0n) is 17.8. The Morgan fingerprint density at radius 2 is 1.53 bits per heavy atom. The minimum absolute atomic E-state index is 0.139. The topological polar surface area (TPSA) is 61.4 Å². The lowest BCUT2D eigenvalue weighted by Gasteiger charge is -2.20. The summed E-state index contributed by atoms with van der Waals surface area (Å²) in [5.74, 6) is -0.405. The van der Waals surface area contributed by atoms with Crippen molar-refractivity contribution in [3.8, 4) is 0 Å². The lowest BCUT2D eigenvalue weighted by atomic mass is 10.1. The molecule has 0 spiro atoms. The van der Waals surface area contributed by atoms with Crippen molar-refractivity contribution in [3.63, 3.8) is 0 Å². The lowest BCUT2D eigenvalue weighted by Crippen LogP contribution is -2.28. The number of nitrogens with zero attached hydrogens (tertiary/aromatic N) is 1. The van der Waals surface area contributed by atoms with Gasteiger partial charge in [-0.1, -0.05) is 48.0 Å². The van der Waals surface area contributed by atoms with Gasteiger partial charge in [-0.3, -0.25) is 9.59 Å². The summed E-state index contributed by atoms with van der Waals surface area (Å²) in [5.41, 5.74) is 4.55. The van der Waals surface area contributed by atoms with Crippen LogP contribution in [-0.4, -0.2) is 25.9 Å². The summed E-state index contributed by atoms with van der Waals surface area (Å²) in [7, 11) is 3.77. The van der Waals surface area contributed by atoms with E-state index in [1.807, 2.05) is 81.4 Å². The Balaban J connectivity index is 1.82. The fourth-order valence-electron chi connectivity index (χ4n) is 3.19. The van der Waals surface area contributed by atoms with Gasteiger partial charge in [0.25, 0.3) is 11.8 Å². The van der Waals surface area contributed by atoms with Crippen molar-refractivity contribution in [2.45, 2.75) is 19.9 Å². The monoisotopic (exact) mass is 401 g/mol. The van der Waals surface area contributed by atoms with Crippen LogP contribution in [0.4, 0.5) is 11.4 Å². The van der Waals surface area contributed by atoms with Crippen molar-refractivity contribution in [2.75, 3.05) is 24.3 Å². The van der Waals surface area contributed by atoms with Crippen LogP contribution in [0.2, 0.25) is 0 Å². The SMILES string of the molecule is Cc1ccc(C(=O)Nc2ccc(N(C)C)c(C(=O)NC(C)c3ccccc3)c2)cc1. The quantitative estimate of drug-likeness (QED) is 0.623. The van der Waals surface area contributed by atoms with Crippen molar-refractivity contribution < 1.29 is 9.59 Å². The molecule has 0 aliphatic heterocycles. The number of aryl methyl sites for hydroxylation is 1.